The van der Waals surface area contributed by atoms with Crippen LogP contribution in [-0.4, -0.2) is 29.8 Å². The monoisotopic (exact) mass is 291 g/mol. The second-order valence-electron chi connectivity index (χ2n) is 6.09. The van der Waals surface area contributed by atoms with Crippen LogP contribution < -0.4 is 0 Å². The molecule has 1 saturated carbocycles. The molecular weight excluding hydrogens is 270 g/mol. The Morgan fingerprint density at radius 3 is 2.85 bits per heavy atom. The highest BCUT2D eigenvalue weighted by molar-refractivity contribution is 6.33. The lowest BCUT2D eigenvalue weighted by atomic mass is 9.85. The first kappa shape index (κ1) is 14.1. The molecule has 0 aromatic heterocycles. The van der Waals surface area contributed by atoms with Crippen LogP contribution in [0.2, 0.25) is 5.02 Å². The van der Waals surface area contributed by atoms with E-state index < -0.39 is 0 Å². The summed E-state index contributed by atoms with van der Waals surface area (Å²) in [5, 5.41) is 0.578. The Balaban J connectivity index is 1.57. The van der Waals surface area contributed by atoms with Gasteiger partial charge in [0, 0.05) is 24.6 Å². The minimum atomic E-state index is 0.176. The van der Waals surface area contributed by atoms with Crippen LogP contribution in [0.5, 0.6) is 0 Å². The topological polar surface area (TPSA) is 20.3 Å². The molecule has 2 fully saturated rings. The Hall–Kier alpha value is -0.860. The molecule has 3 heteroatoms. The van der Waals surface area contributed by atoms with E-state index in [2.05, 4.69) is 4.90 Å². The SMILES string of the molecule is O=C(CCN1CCC2CCCCC21)c1ccccc1Cl. The van der Waals surface area contributed by atoms with E-state index in [0.29, 0.717) is 17.0 Å². The quantitative estimate of drug-likeness (QED) is 0.776. The summed E-state index contributed by atoms with van der Waals surface area (Å²) in [7, 11) is 0. The molecule has 1 aromatic carbocycles. The van der Waals surface area contributed by atoms with Gasteiger partial charge in [0.1, 0.15) is 0 Å². The average molecular weight is 292 g/mol. The standard InChI is InChI=1S/C17H22ClNO/c18-15-7-3-2-6-14(15)17(20)10-12-19-11-9-13-5-1-4-8-16(13)19/h2-3,6-7,13,16H,1,4-5,8-12H2. The minimum absolute atomic E-state index is 0.176. The third kappa shape index (κ3) is 2.91. The zero-order valence-electron chi connectivity index (χ0n) is 11.9. The summed E-state index contributed by atoms with van der Waals surface area (Å²) >= 11 is 6.09. The molecule has 0 N–H and O–H groups in total. The number of nitrogens with zero attached hydrogens (tertiary/aromatic N) is 1. The van der Waals surface area contributed by atoms with Crippen LogP contribution in [0.25, 0.3) is 0 Å². The van der Waals surface area contributed by atoms with Gasteiger partial charge < -0.3 is 0 Å². The molecule has 1 aromatic rings. The number of halogens is 1. The third-order valence-corrected chi connectivity index (χ3v) is 5.26. The lowest BCUT2D eigenvalue weighted by Crippen LogP contribution is -2.36. The van der Waals surface area contributed by atoms with Gasteiger partial charge in [0.05, 0.1) is 5.02 Å². The number of Topliss-reactive ketones (excluding diaryl/α,β-unsaturated/α-hetero) is 1. The van der Waals surface area contributed by atoms with Crippen molar-refractivity contribution in [2.24, 2.45) is 5.92 Å². The van der Waals surface area contributed by atoms with E-state index in [-0.39, 0.29) is 5.78 Å². The Morgan fingerprint density at radius 1 is 1.20 bits per heavy atom. The maximum absolute atomic E-state index is 12.3. The molecule has 0 bridgehead atoms. The average Bonchev–Trinajstić information content (AvgIpc) is 2.88. The fourth-order valence-electron chi connectivity index (χ4n) is 3.85. The van der Waals surface area contributed by atoms with Gasteiger partial charge in [-0.2, -0.15) is 0 Å². The van der Waals surface area contributed by atoms with E-state index in [0.717, 1.165) is 18.5 Å². The summed E-state index contributed by atoms with van der Waals surface area (Å²) in [5.74, 6) is 1.06. The van der Waals surface area contributed by atoms with Crippen molar-refractivity contribution < 1.29 is 4.79 Å². The Morgan fingerprint density at radius 2 is 2.00 bits per heavy atom. The van der Waals surface area contributed by atoms with E-state index >= 15 is 0 Å². The first-order chi connectivity index (χ1) is 9.75. The van der Waals surface area contributed by atoms with E-state index in [9.17, 15) is 4.79 Å². The van der Waals surface area contributed by atoms with E-state index in [4.69, 9.17) is 11.6 Å². The maximum Gasteiger partial charge on any atom is 0.165 e. The summed E-state index contributed by atoms with van der Waals surface area (Å²) in [5.41, 5.74) is 0.675. The van der Waals surface area contributed by atoms with E-state index in [1.54, 1.807) is 6.07 Å². The van der Waals surface area contributed by atoms with Crippen LogP contribution in [0.1, 0.15) is 48.9 Å². The lowest BCUT2D eigenvalue weighted by molar-refractivity contribution is 0.0951. The lowest BCUT2D eigenvalue weighted by Gasteiger charge is -2.31. The zero-order valence-corrected chi connectivity index (χ0v) is 12.6. The van der Waals surface area contributed by atoms with Crippen molar-refractivity contribution in [2.45, 2.75) is 44.6 Å². The molecule has 20 heavy (non-hydrogen) atoms. The number of rotatable bonds is 4. The van der Waals surface area contributed by atoms with Crippen LogP contribution >= 0.6 is 11.6 Å². The zero-order chi connectivity index (χ0) is 13.9. The summed E-state index contributed by atoms with van der Waals surface area (Å²) in [6, 6.07) is 8.11. The first-order valence-electron chi connectivity index (χ1n) is 7.77. The van der Waals surface area contributed by atoms with Crippen molar-refractivity contribution in [3.8, 4) is 0 Å². The molecule has 1 aliphatic heterocycles. The number of likely N-dealkylation sites (tertiary alicyclic amines) is 1. The Bertz CT molecular complexity index is 488. The highest BCUT2D eigenvalue weighted by Gasteiger charge is 2.35. The number of carbonyl (C=O) groups is 1. The van der Waals surface area contributed by atoms with Gasteiger partial charge in [0.25, 0.3) is 0 Å². The van der Waals surface area contributed by atoms with Gasteiger partial charge in [-0.15, -0.1) is 0 Å². The number of hydrogen-bond acceptors (Lipinski definition) is 2. The van der Waals surface area contributed by atoms with E-state index in [1.165, 1.54) is 38.6 Å². The fourth-order valence-corrected chi connectivity index (χ4v) is 4.09. The molecule has 0 spiro atoms. The molecular formula is C17H22ClNO. The molecule has 2 atom stereocenters. The maximum atomic E-state index is 12.3. The second-order valence-corrected chi connectivity index (χ2v) is 6.50. The number of fused-ring (bicyclic) bond motifs is 1. The summed E-state index contributed by atoms with van der Waals surface area (Å²) < 4.78 is 0. The number of carbonyl (C=O) groups excluding carboxylic acids is 1. The highest BCUT2D eigenvalue weighted by atomic mass is 35.5. The van der Waals surface area contributed by atoms with Gasteiger partial charge in [-0.1, -0.05) is 36.6 Å². The molecule has 2 aliphatic rings. The van der Waals surface area contributed by atoms with Gasteiger partial charge >= 0.3 is 0 Å². The van der Waals surface area contributed by atoms with Gasteiger partial charge in [0.15, 0.2) is 5.78 Å². The second kappa shape index (κ2) is 6.28. The minimum Gasteiger partial charge on any atom is -0.300 e. The van der Waals surface area contributed by atoms with Crippen LogP contribution in [0.3, 0.4) is 0 Å². The third-order valence-electron chi connectivity index (χ3n) is 4.93. The number of benzene rings is 1. The largest absolute Gasteiger partial charge is 0.300 e. The van der Waals surface area contributed by atoms with E-state index in [1.807, 2.05) is 18.2 Å². The summed E-state index contributed by atoms with van der Waals surface area (Å²) in [4.78, 5) is 14.8. The van der Waals surface area contributed by atoms with Crippen molar-refractivity contribution in [1.82, 2.24) is 4.90 Å². The van der Waals surface area contributed by atoms with Crippen LogP contribution in [0, 0.1) is 5.92 Å². The molecule has 1 aliphatic carbocycles. The molecule has 1 heterocycles. The summed E-state index contributed by atoms with van der Waals surface area (Å²) in [6.07, 6.45) is 7.38. The molecule has 0 radical (unpaired) electrons. The van der Waals surface area contributed by atoms with Crippen LogP contribution in [-0.2, 0) is 0 Å². The van der Waals surface area contributed by atoms with Crippen LogP contribution in [0.15, 0.2) is 24.3 Å². The van der Waals surface area contributed by atoms with Gasteiger partial charge in [-0.3, -0.25) is 9.69 Å². The van der Waals surface area contributed by atoms with Crippen molar-refractivity contribution in [3.63, 3.8) is 0 Å². The fraction of sp³-hybridized carbons (Fsp3) is 0.588. The Labute approximate surface area is 126 Å². The predicted octanol–water partition coefficient (Wildman–Crippen LogP) is 4.18. The number of hydrogen-bond donors (Lipinski definition) is 0. The Kier molecular flexibility index (Phi) is 4.42. The molecule has 0 amide bonds. The van der Waals surface area contributed by atoms with Crippen molar-refractivity contribution in [1.29, 1.82) is 0 Å². The van der Waals surface area contributed by atoms with Gasteiger partial charge in [-0.25, -0.2) is 0 Å². The molecule has 3 rings (SSSR count). The number of ketones is 1. The smallest absolute Gasteiger partial charge is 0.165 e. The summed E-state index contributed by atoms with van der Waals surface area (Å²) in [6.45, 7) is 2.07. The van der Waals surface area contributed by atoms with Gasteiger partial charge in [0.2, 0.25) is 0 Å². The molecule has 108 valence electrons. The normalized spacial score (nSPS) is 26.4. The van der Waals surface area contributed by atoms with Crippen molar-refractivity contribution in [3.05, 3.63) is 34.9 Å². The van der Waals surface area contributed by atoms with Gasteiger partial charge in [-0.05, 0) is 43.9 Å². The highest BCUT2D eigenvalue weighted by Crippen LogP contribution is 2.36. The van der Waals surface area contributed by atoms with Crippen LogP contribution in [0.4, 0.5) is 0 Å². The molecule has 2 unspecified atom stereocenters. The molecule has 2 nitrogen and oxygen atoms in total. The molecule has 1 saturated heterocycles. The van der Waals surface area contributed by atoms with Crippen molar-refractivity contribution >= 4 is 17.4 Å². The predicted molar refractivity (Wildman–Crippen MR) is 82.3 cm³/mol. The van der Waals surface area contributed by atoms with Crippen molar-refractivity contribution in [2.75, 3.05) is 13.1 Å². The first-order valence-corrected chi connectivity index (χ1v) is 8.15.